The maximum atomic E-state index is 12.6. The number of pyridine rings is 1. The van der Waals surface area contributed by atoms with Gasteiger partial charge in [-0.25, -0.2) is 0 Å². The molecule has 8 heteroatoms. The zero-order chi connectivity index (χ0) is 22.6. The van der Waals surface area contributed by atoms with E-state index < -0.39 is 12.1 Å². The minimum atomic E-state index is -4.83. The second kappa shape index (κ2) is 9.07. The van der Waals surface area contributed by atoms with Gasteiger partial charge in [0.2, 0.25) is 0 Å². The van der Waals surface area contributed by atoms with Crippen molar-refractivity contribution in [2.75, 3.05) is 5.32 Å². The average Bonchev–Trinajstić information content (AvgIpc) is 2.69. The Hall–Kier alpha value is -3.55. The summed E-state index contributed by atoms with van der Waals surface area (Å²) in [4.78, 5) is 17.0. The van der Waals surface area contributed by atoms with Crippen LogP contribution < -0.4 is 14.8 Å². The molecule has 3 rings (SSSR count). The summed E-state index contributed by atoms with van der Waals surface area (Å²) < 4.78 is 47.1. The van der Waals surface area contributed by atoms with E-state index >= 15 is 0 Å². The number of nitrogens with one attached hydrogen (secondary N) is 1. The van der Waals surface area contributed by atoms with Gasteiger partial charge in [0.15, 0.2) is 11.5 Å². The summed E-state index contributed by atoms with van der Waals surface area (Å²) in [7, 11) is 0. The Kier molecular flexibility index (Phi) is 6.48. The molecule has 1 N–H and O–H groups in total. The fourth-order valence-electron chi connectivity index (χ4n) is 2.82. The molecule has 0 aliphatic carbocycles. The summed E-state index contributed by atoms with van der Waals surface area (Å²) in [5.74, 6) is -0.285. The van der Waals surface area contributed by atoms with Gasteiger partial charge in [-0.3, -0.25) is 9.78 Å². The Balaban J connectivity index is 1.70. The number of halogens is 3. The van der Waals surface area contributed by atoms with Gasteiger partial charge in [-0.2, -0.15) is 0 Å². The number of ether oxygens (including phenoxy) is 2. The molecule has 0 aliphatic heterocycles. The molecular formula is C23H21F3N2O3. The quantitative estimate of drug-likeness (QED) is 0.488. The van der Waals surface area contributed by atoms with Crippen LogP contribution in [0.25, 0.3) is 0 Å². The van der Waals surface area contributed by atoms with Crippen LogP contribution in [0.3, 0.4) is 0 Å². The molecule has 1 aromatic heterocycles. The van der Waals surface area contributed by atoms with E-state index in [1.54, 1.807) is 25.1 Å². The van der Waals surface area contributed by atoms with Crippen LogP contribution in [0.15, 0.2) is 60.7 Å². The van der Waals surface area contributed by atoms with Crippen LogP contribution in [-0.4, -0.2) is 17.3 Å². The number of nitrogens with zero attached hydrogens (tertiary/aromatic N) is 1. The smallest absolute Gasteiger partial charge is 0.453 e. The van der Waals surface area contributed by atoms with Crippen LogP contribution in [0.4, 0.5) is 18.9 Å². The van der Waals surface area contributed by atoms with E-state index in [0.717, 1.165) is 5.69 Å². The van der Waals surface area contributed by atoms with Crippen molar-refractivity contribution in [3.63, 3.8) is 0 Å². The monoisotopic (exact) mass is 430 g/mol. The Morgan fingerprint density at radius 3 is 2.19 bits per heavy atom. The first-order chi connectivity index (χ1) is 14.6. The predicted octanol–water partition coefficient (Wildman–Crippen LogP) is 6.46. The maximum Gasteiger partial charge on any atom is 0.573 e. The summed E-state index contributed by atoms with van der Waals surface area (Å²) >= 11 is 0. The normalized spacial score (nSPS) is 11.3. The molecule has 3 aromatic rings. The van der Waals surface area contributed by atoms with Crippen LogP contribution in [0.2, 0.25) is 0 Å². The number of aromatic nitrogens is 1. The summed E-state index contributed by atoms with van der Waals surface area (Å²) in [5, 5.41) is 2.77. The third kappa shape index (κ3) is 5.97. The lowest BCUT2D eigenvalue weighted by Gasteiger charge is -2.14. The van der Waals surface area contributed by atoms with Crippen molar-refractivity contribution in [3.8, 4) is 17.2 Å². The van der Waals surface area contributed by atoms with Crippen molar-refractivity contribution in [1.29, 1.82) is 0 Å². The molecule has 162 valence electrons. The Bertz CT molecular complexity index is 1060. The first kappa shape index (κ1) is 22.1. The first-order valence-electron chi connectivity index (χ1n) is 9.54. The van der Waals surface area contributed by atoms with E-state index in [9.17, 15) is 18.0 Å². The molecule has 0 radical (unpaired) electrons. The van der Waals surface area contributed by atoms with E-state index in [2.05, 4.69) is 15.0 Å². The van der Waals surface area contributed by atoms with E-state index in [0.29, 0.717) is 16.9 Å². The fourth-order valence-corrected chi connectivity index (χ4v) is 2.82. The SMILES string of the molecule is Cc1nc(C(C)C)ccc1C(=O)Nc1ccc(Oc2ccccc2OC(F)(F)F)cc1. The number of hydrogen-bond donors (Lipinski definition) is 1. The number of rotatable bonds is 6. The zero-order valence-electron chi connectivity index (χ0n) is 17.2. The average molecular weight is 430 g/mol. The Labute approximate surface area is 177 Å². The largest absolute Gasteiger partial charge is 0.573 e. The summed E-state index contributed by atoms with van der Waals surface area (Å²) in [5.41, 5.74) is 2.50. The summed E-state index contributed by atoms with van der Waals surface area (Å²) in [6.45, 7) is 5.83. The van der Waals surface area contributed by atoms with E-state index in [1.165, 1.54) is 36.4 Å². The van der Waals surface area contributed by atoms with Crippen molar-refractivity contribution in [2.45, 2.75) is 33.1 Å². The van der Waals surface area contributed by atoms with Gasteiger partial charge in [0.25, 0.3) is 5.91 Å². The standard InChI is InChI=1S/C23H21F3N2O3/c1-14(2)19-13-12-18(15(3)27-19)22(29)28-16-8-10-17(11-9-16)30-20-6-4-5-7-21(20)31-23(24,25)26/h4-14H,1-3H3,(H,28,29). The molecule has 0 atom stereocenters. The van der Waals surface area contributed by atoms with Gasteiger partial charge in [0.1, 0.15) is 5.75 Å². The predicted molar refractivity (Wildman–Crippen MR) is 111 cm³/mol. The summed E-state index contributed by atoms with van der Waals surface area (Å²) in [6.07, 6.45) is -4.83. The highest BCUT2D eigenvalue weighted by Crippen LogP contribution is 2.35. The number of carbonyl (C=O) groups is 1. The first-order valence-corrected chi connectivity index (χ1v) is 9.54. The molecule has 0 saturated heterocycles. The van der Waals surface area contributed by atoms with E-state index in [-0.39, 0.29) is 23.3 Å². The summed E-state index contributed by atoms with van der Waals surface area (Å²) in [6, 6.07) is 15.3. The minimum Gasteiger partial charge on any atom is -0.453 e. The molecule has 0 saturated carbocycles. The number of alkyl halides is 3. The Morgan fingerprint density at radius 1 is 0.968 bits per heavy atom. The number of benzene rings is 2. The second-order valence-corrected chi connectivity index (χ2v) is 7.10. The van der Waals surface area contributed by atoms with Crippen molar-refractivity contribution in [1.82, 2.24) is 4.98 Å². The fraction of sp³-hybridized carbons (Fsp3) is 0.217. The third-order valence-electron chi connectivity index (χ3n) is 4.36. The Morgan fingerprint density at radius 2 is 1.61 bits per heavy atom. The molecule has 5 nitrogen and oxygen atoms in total. The van der Waals surface area contributed by atoms with Crippen LogP contribution in [0, 0.1) is 6.92 Å². The number of hydrogen-bond acceptors (Lipinski definition) is 4. The van der Waals surface area contributed by atoms with Gasteiger partial charge in [-0.15, -0.1) is 13.2 Å². The maximum absolute atomic E-state index is 12.6. The van der Waals surface area contributed by atoms with Gasteiger partial charge < -0.3 is 14.8 Å². The van der Waals surface area contributed by atoms with Crippen LogP contribution in [0.5, 0.6) is 17.2 Å². The molecule has 1 heterocycles. The number of carbonyl (C=O) groups excluding carboxylic acids is 1. The van der Waals surface area contributed by atoms with Gasteiger partial charge in [-0.05, 0) is 61.4 Å². The molecule has 1 amide bonds. The molecule has 0 bridgehead atoms. The highest BCUT2D eigenvalue weighted by molar-refractivity contribution is 6.05. The number of para-hydroxylation sites is 2. The number of amides is 1. The molecular weight excluding hydrogens is 409 g/mol. The van der Waals surface area contributed by atoms with Crippen LogP contribution in [0.1, 0.15) is 41.5 Å². The molecule has 31 heavy (non-hydrogen) atoms. The van der Waals surface area contributed by atoms with Crippen LogP contribution >= 0.6 is 0 Å². The highest BCUT2D eigenvalue weighted by Gasteiger charge is 2.32. The number of aryl methyl sites for hydroxylation is 1. The molecule has 2 aromatic carbocycles. The van der Waals surface area contributed by atoms with Crippen molar-refractivity contribution in [3.05, 3.63) is 77.6 Å². The lowest BCUT2D eigenvalue weighted by atomic mass is 10.1. The second-order valence-electron chi connectivity index (χ2n) is 7.10. The van der Waals surface area contributed by atoms with Gasteiger partial charge in [-0.1, -0.05) is 26.0 Å². The van der Waals surface area contributed by atoms with Crippen molar-refractivity contribution >= 4 is 11.6 Å². The minimum absolute atomic E-state index is 0.0800. The van der Waals surface area contributed by atoms with Crippen molar-refractivity contribution in [2.24, 2.45) is 0 Å². The highest BCUT2D eigenvalue weighted by atomic mass is 19.4. The molecule has 0 spiro atoms. The number of anilines is 1. The lowest BCUT2D eigenvalue weighted by Crippen LogP contribution is -2.17. The third-order valence-corrected chi connectivity index (χ3v) is 4.36. The lowest BCUT2D eigenvalue weighted by molar-refractivity contribution is -0.275. The van der Waals surface area contributed by atoms with Gasteiger partial charge in [0, 0.05) is 11.4 Å². The van der Waals surface area contributed by atoms with Crippen LogP contribution in [-0.2, 0) is 0 Å². The van der Waals surface area contributed by atoms with Gasteiger partial charge in [0.05, 0.1) is 11.3 Å². The molecule has 0 fully saturated rings. The van der Waals surface area contributed by atoms with Crippen molar-refractivity contribution < 1.29 is 27.4 Å². The van der Waals surface area contributed by atoms with E-state index in [4.69, 9.17) is 4.74 Å². The van der Waals surface area contributed by atoms with Gasteiger partial charge >= 0.3 is 6.36 Å². The van der Waals surface area contributed by atoms with E-state index in [1.807, 2.05) is 19.9 Å². The zero-order valence-corrected chi connectivity index (χ0v) is 17.2. The molecule has 0 aliphatic rings. The molecule has 0 unspecified atom stereocenters. The topological polar surface area (TPSA) is 60.5 Å².